The maximum atomic E-state index is 5.69. The maximum absolute atomic E-state index is 5.69. The molecular formula is C8H14O2. The fourth-order valence-electron chi connectivity index (χ4n) is 1.99. The number of fused-ring (bicyclic) bond motifs is 1. The predicted octanol–water partition coefficient (Wildman–Crippen LogP) is 1.69. The Morgan fingerprint density at radius 3 is 1.50 bits per heavy atom. The molecule has 1 aliphatic heterocycles. The van der Waals surface area contributed by atoms with Gasteiger partial charge in [-0.25, -0.2) is 0 Å². The Kier molecular flexibility index (Phi) is 0.846. The highest BCUT2D eigenvalue weighted by atomic mass is 16.8. The quantitative estimate of drug-likeness (QED) is 0.512. The summed E-state index contributed by atoms with van der Waals surface area (Å²) in [5.74, 6) is -0.359. The van der Waals surface area contributed by atoms with Crippen LogP contribution >= 0.6 is 0 Å². The first-order valence-corrected chi connectivity index (χ1v) is 3.77. The van der Waals surface area contributed by atoms with Crippen molar-refractivity contribution in [3.8, 4) is 0 Å². The van der Waals surface area contributed by atoms with Crippen LogP contribution in [0.5, 0.6) is 0 Å². The number of hydrogen-bond donors (Lipinski definition) is 0. The maximum Gasteiger partial charge on any atom is 0.164 e. The van der Waals surface area contributed by atoms with Crippen molar-refractivity contribution in [3.63, 3.8) is 0 Å². The van der Waals surface area contributed by atoms with Crippen molar-refractivity contribution < 1.29 is 9.47 Å². The lowest BCUT2D eigenvalue weighted by atomic mass is 10.3. The lowest BCUT2D eigenvalue weighted by Gasteiger charge is -2.21. The van der Waals surface area contributed by atoms with E-state index in [1.165, 1.54) is 0 Å². The minimum atomic E-state index is -0.359. The van der Waals surface area contributed by atoms with Gasteiger partial charge in [-0.3, -0.25) is 0 Å². The smallest absolute Gasteiger partial charge is 0.164 e. The van der Waals surface area contributed by atoms with Crippen molar-refractivity contribution in [2.45, 2.75) is 51.1 Å². The minimum Gasteiger partial charge on any atom is -0.341 e. The fourth-order valence-corrected chi connectivity index (χ4v) is 1.99. The van der Waals surface area contributed by atoms with Crippen LogP contribution in [0.15, 0.2) is 0 Å². The van der Waals surface area contributed by atoms with Crippen LogP contribution in [0, 0.1) is 0 Å². The molecule has 2 atom stereocenters. The molecule has 0 aromatic rings. The molecule has 0 N–H and O–H groups in total. The van der Waals surface area contributed by atoms with Crippen LogP contribution in [-0.2, 0) is 9.47 Å². The van der Waals surface area contributed by atoms with Gasteiger partial charge in [0.25, 0.3) is 0 Å². The van der Waals surface area contributed by atoms with Gasteiger partial charge in [-0.1, -0.05) is 0 Å². The molecule has 0 bridgehead atoms. The summed E-state index contributed by atoms with van der Waals surface area (Å²) in [6, 6.07) is 0. The molecule has 1 heterocycles. The van der Waals surface area contributed by atoms with Crippen molar-refractivity contribution in [2.24, 2.45) is 0 Å². The molecule has 58 valence electrons. The lowest BCUT2D eigenvalue weighted by molar-refractivity contribution is -0.188. The Morgan fingerprint density at radius 2 is 1.30 bits per heavy atom. The standard InChI is InChI=1S/C8H14O2/c1-6(2)9-7(3)5-8(7,4)10-6/h5H2,1-4H3. The highest BCUT2D eigenvalue weighted by Crippen LogP contribution is 2.61. The first-order valence-electron chi connectivity index (χ1n) is 3.77. The normalized spacial score (nSPS) is 56.4. The van der Waals surface area contributed by atoms with E-state index in [9.17, 15) is 0 Å². The predicted molar refractivity (Wildman–Crippen MR) is 37.7 cm³/mol. The SMILES string of the molecule is CC1(C)OC2(C)CC2(C)O1. The van der Waals surface area contributed by atoms with E-state index >= 15 is 0 Å². The van der Waals surface area contributed by atoms with E-state index in [-0.39, 0.29) is 17.0 Å². The van der Waals surface area contributed by atoms with Gasteiger partial charge in [0.15, 0.2) is 5.79 Å². The van der Waals surface area contributed by atoms with Crippen LogP contribution in [0.2, 0.25) is 0 Å². The van der Waals surface area contributed by atoms with E-state index in [1.807, 2.05) is 13.8 Å². The summed E-state index contributed by atoms with van der Waals surface area (Å²) >= 11 is 0. The molecule has 2 fully saturated rings. The molecule has 0 amide bonds. The summed E-state index contributed by atoms with van der Waals surface area (Å²) < 4.78 is 11.4. The molecule has 0 spiro atoms. The molecular weight excluding hydrogens is 128 g/mol. The van der Waals surface area contributed by atoms with Gasteiger partial charge in [-0.15, -0.1) is 0 Å². The summed E-state index contributed by atoms with van der Waals surface area (Å²) in [7, 11) is 0. The molecule has 2 unspecified atom stereocenters. The molecule has 0 radical (unpaired) electrons. The zero-order valence-electron chi connectivity index (χ0n) is 7.02. The summed E-state index contributed by atoms with van der Waals surface area (Å²) in [5, 5.41) is 0. The van der Waals surface area contributed by atoms with Crippen LogP contribution in [0.4, 0.5) is 0 Å². The topological polar surface area (TPSA) is 18.5 Å². The number of ether oxygens (including phenoxy) is 2. The van der Waals surface area contributed by atoms with Gasteiger partial charge >= 0.3 is 0 Å². The first-order chi connectivity index (χ1) is 4.37. The van der Waals surface area contributed by atoms with Gasteiger partial charge in [-0.2, -0.15) is 0 Å². The van der Waals surface area contributed by atoms with E-state index < -0.39 is 0 Å². The van der Waals surface area contributed by atoms with Gasteiger partial charge in [-0.05, 0) is 27.7 Å². The zero-order chi connectivity index (χ0) is 7.62. The van der Waals surface area contributed by atoms with Crippen molar-refractivity contribution >= 4 is 0 Å². The molecule has 2 rings (SSSR count). The molecule has 2 aliphatic rings. The highest BCUT2D eigenvalue weighted by Gasteiger charge is 2.72. The Balaban J connectivity index is 2.24. The third-order valence-electron chi connectivity index (χ3n) is 2.61. The average Bonchev–Trinajstić information content (AvgIpc) is 1.93. The van der Waals surface area contributed by atoms with Gasteiger partial charge < -0.3 is 9.47 Å². The second kappa shape index (κ2) is 1.28. The Morgan fingerprint density at radius 1 is 0.900 bits per heavy atom. The van der Waals surface area contributed by atoms with Crippen molar-refractivity contribution in [2.75, 3.05) is 0 Å². The Bertz CT molecular complexity index is 170. The van der Waals surface area contributed by atoms with Crippen LogP contribution in [-0.4, -0.2) is 17.0 Å². The monoisotopic (exact) mass is 142 g/mol. The first kappa shape index (κ1) is 6.62. The summed E-state index contributed by atoms with van der Waals surface area (Å²) in [4.78, 5) is 0. The van der Waals surface area contributed by atoms with E-state index in [2.05, 4.69) is 13.8 Å². The minimum absolute atomic E-state index is 0.0104. The van der Waals surface area contributed by atoms with Crippen molar-refractivity contribution in [3.05, 3.63) is 0 Å². The van der Waals surface area contributed by atoms with Crippen LogP contribution < -0.4 is 0 Å². The molecule has 10 heavy (non-hydrogen) atoms. The summed E-state index contributed by atoms with van der Waals surface area (Å²) in [6.45, 7) is 8.16. The van der Waals surface area contributed by atoms with Gasteiger partial charge in [0.1, 0.15) is 11.2 Å². The number of hydrogen-bond acceptors (Lipinski definition) is 2. The Hall–Kier alpha value is -0.0800. The van der Waals surface area contributed by atoms with Crippen molar-refractivity contribution in [1.82, 2.24) is 0 Å². The van der Waals surface area contributed by atoms with Crippen LogP contribution in [0.1, 0.15) is 34.1 Å². The van der Waals surface area contributed by atoms with Crippen LogP contribution in [0.25, 0.3) is 0 Å². The highest BCUT2D eigenvalue weighted by molar-refractivity contribution is 5.19. The molecule has 2 heteroatoms. The summed E-state index contributed by atoms with van der Waals surface area (Å²) in [5.41, 5.74) is 0.0208. The molecule has 0 aromatic heterocycles. The van der Waals surface area contributed by atoms with Gasteiger partial charge in [0, 0.05) is 6.42 Å². The van der Waals surface area contributed by atoms with E-state index in [1.54, 1.807) is 0 Å². The third-order valence-corrected chi connectivity index (χ3v) is 2.61. The molecule has 0 aromatic carbocycles. The third kappa shape index (κ3) is 0.611. The largest absolute Gasteiger partial charge is 0.341 e. The molecule has 1 aliphatic carbocycles. The lowest BCUT2D eigenvalue weighted by Crippen LogP contribution is -2.26. The van der Waals surface area contributed by atoms with E-state index in [4.69, 9.17) is 9.47 Å². The van der Waals surface area contributed by atoms with Crippen molar-refractivity contribution in [1.29, 1.82) is 0 Å². The van der Waals surface area contributed by atoms with Crippen LogP contribution in [0.3, 0.4) is 0 Å². The molecule has 1 saturated heterocycles. The second-order valence-corrected chi connectivity index (χ2v) is 4.24. The molecule has 2 nitrogen and oxygen atoms in total. The Labute approximate surface area is 61.5 Å². The summed E-state index contributed by atoms with van der Waals surface area (Å²) in [6.07, 6.45) is 1.05. The molecule has 1 saturated carbocycles. The average molecular weight is 142 g/mol. The second-order valence-electron chi connectivity index (χ2n) is 4.24. The fraction of sp³-hybridized carbons (Fsp3) is 1.00. The number of rotatable bonds is 0. The zero-order valence-corrected chi connectivity index (χ0v) is 7.02. The van der Waals surface area contributed by atoms with E-state index in [0.717, 1.165) is 6.42 Å². The van der Waals surface area contributed by atoms with E-state index in [0.29, 0.717) is 0 Å². The van der Waals surface area contributed by atoms with Gasteiger partial charge in [0.2, 0.25) is 0 Å². The van der Waals surface area contributed by atoms with Gasteiger partial charge in [0.05, 0.1) is 0 Å².